The van der Waals surface area contributed by atoms with Gasteiger partial charge in [0.15, 0.2) is 0 Å². The normalized spacial score (nSPS) is 65.7. The Morgan fingerprint density at radius 1 is 0.875 bits per heavy atom. The number of hydrogen-bond acceptors (Lipinski definition) is 2. The number of allylic oxidation sites excluding steroid dienone is 2. The minimum absolute atomic E-state index is 0.0183. The molecule has 11 atom stereocenters. The van der Waals surface area contributed by atoms with Crippen molar-refractivity contribution in [2.24, 2.45) is 53.3 Å². The lowest BCUT2D eigenvalue weighted by atomic mass is 9.51. The lowest BCUT2D eigenvalue weighted by Crippen LogP contribution is -2.57. The summed E-state index contributed by atoms with van der Waals surface area (Å²) in [6.07, 6.45) is 16.5. The van der Waals surface area contributed by atoms with Crippen LogP contribution in [-0.2, 0) is 4.74 Å². The average Bonchev–Trinajstić information content (AvgIpc) is 3.39. The molecule has 0 amide bonds. The fraction of sp³-hybridized carbons (Fsp3) is 0.909. The van der Waals surface area contributed by atoms with Gasteiger partial charge in [-0.05, 0) is 79.4 Å². The largest absolute Gasteiger partial charge is 0.393 e. The van der Waals surface area contributed by atoms with E-state index in [0.29, 0.717) is 17.9 Å². The predicted octanol–water partition coefficient (Wildman–Crippen LogP) is 3.79. The van der Waals surface area contributed by atoms with E-state index in [-0.39, 0.29) is 11.7 Å². The molecule has 0 aromatic heterocycles. The second-order valence-electron chi connectivity index (χ2n) is 10.4. The minimum Gasteiger partial charge on any atom is -0.393 e. The van der Waals surface area contributed by atoms with E-state index in [2.05, 4.69) is 12.2 Å². The molecule has 2 nitrogen and oxygen atoms in total. The van der Waals surface area contributed by atoms with Crippen LogP contribution < -0.4 is 0 Å². The van der Waals surface area contributed by atoms with Crippen LogP contribution in [0.5, 0.6) is 0 Å². The van der Waals surface area contributed by atoms with Crippen LogP contribution in [0.3, 0.4) is 0 Å². The summed E-state index contributed by atoms with van der Waals surface area (Å²) in [5, 5.41) is 10.6. The van der Waals surface area contributed by atoms with Crippen LogP contribution in [-0.4, -0.2) is 22.9 Å². The van der Waals surface area contributed by atoms with E-state index in [4.69, 9.17) is 4.74 Å². The van der Waals surface area contributed by atoms with Gasteiger partial charge in [-0.2, -0.15) is 0 Å². The van der Waals surface area contributed by atoms with Crippen molar-refractivity contribution in [2.75, 3.05) is 0 Å². The second-order valence-corrected chi connectivity index (χ2v) is 10.4. The second kappa shape index (κ2) is 4.31. The first kappa shape index (κ1) is 13.8. The monoisotopic (exact) mass is 326 g/mol. The van der Waals surface area contributed by atoms with E-state index in [0.717, 1.165) is 47.8 Å². The molecule has 2 heterocycles. The van der Waals surface area contributed by atoms with Crippen LogP contribution in [0.4, 0.5) is 0 Å². The standard InChI is InChI=1S/C22H30O2/c23-16-10-13-9-15(16)18-20(13)22(14-4-2-1-3-5-14)19-12-7-6-11(8-12)17(19)21(18)24-22/h6-7,11-21,23H,1-5,8-10H2. The Kier molecular flexibility index (Phi) is 2.48. The molecule has 0 aromatic rings. The molecule has 6 bridgehead atoms. The van der Waals surface area contributed by atoms with E-state index in [1.165, 1.54) is 44.9 Å². The smallest absolute Gasteiger partial charge is 0.0786 e. The summed E-state index contributed by atoms with van der Waals surface area (Å²) >= 11 is 0. The van der Waals surface area contributed by atoms with Crippen LogP contribution in [0.1, 0.15) is 51.4 Å². The van der Waals surface area contributed by atoms with Crippen molar-refractivity contribution in [3.05, 3.63) is 12.2 Å². The van der Waals surface area contributed by atoms with Gasteiger partial charge in [-0.25, -0.2) is 0 Å². The maximum Gasteiger partial charge on any atom is 0.0786 e. The van der Waals surface area contributed by atoms with E-state index in [9.17, 15) is 5.11 Å². The lowest BCUT2D eigenvalue weighted by Gasteiger charge is -2.52. The highest BCUT2D eigenvalue weighted by molar-refractivity contribution is 5.31. The first-order valence-electron chi connectivity index (χ1n) is 10.8. The molecule has 0 aromatic carbocycles. The Hall–Kier alpha value is -0.340. The summed E-state index contributed by atoms with van der Waals surface area (Å²) in [4.78, 5) is 0. The van der Waals surface area contributed by atoms with E-state index < -0.39 is 0 Å². The summed E-state index contributed by atoms with van der Waals surface area (Å²) in [6, 6.07) is 0. The fourth-order valence-electron chi connectivity index (χ4n) is 9.66. The Morgan fingerprint density at radius 2 is 1.71 bits per heavy atom. The quantitative estimate of drug-likeness (QED) is 0.743. The SMILES string of the molecule is OC1CC2CC1C1C3OC(C4CCCCC4)(C4C5C=CC(C5)C34)C21. The van der Waals surface area contributed by atoms with Crippen molar-refractivity contribution >= 4 is 0 Å². The molecule has 130 valence electrons. The summed E-state index contributed by atoms with van der Waals surface area (Å²) in [6.45, 7) is 0. The number of aliphatic hydroxyl groups is 1. The molecule has 1 N–H and O–H groups in total. The van der Waals surface area contributed by atoms with Crippen LogP contribution in [0.25, 0.3) is 0 Å². The average molecular weight is 326 g/mol. The van der Waals surface area contributed by atoms with Crippen molar-refractivity contribution in [2.45, 2.75) is 69.2 Å². The molecule has 2 aliphatic heterocycles. The third-order valence-electron chi connectivity index (χ3n) is 9.93. The van der Waals surface area contributed by atoms with Gasteiger partial charge in [-0.3, -0.25) is 0 Å². The van der Waals surface area contributed by atoms with E-state index >= 15 is 0 Å². The van der Waals surface area contributed by atoms with Crippen molar-refractivity contribution in [1.29, 1.82) is 0 Å². The van der Waals surface area contributed by atoms with Crippen molar-refractivity contribution in [3.63, 3.8) is 0 Å². The zero-order valence-corrected chi connectivity index (χ0v) is 14.5. The fourth-order valence-corrected chi connectivity index (χ4v) is 9.66. The Bertz CT molecular complexity index is 607. The number of ether oxygens (including phenoxy) is 1. The summed E-state index contributed by atoms with van der Waals surface area (Å²) in [5.74, 6) is 6.91. The van der Waals surface area contributed by atoms with Gasteiger partial charge in [0.1, 0.15) is 0 Å². The van der Waals surface area contributed by atoms with Gasteiger partial charge < -0.3 is 9.84 Å². The molecule has 7 rings (SSSR count). The van der Waals surface area contributed by atoms with Crippen LogP contribution in [0.2, 0.25) is 0 Å². The predicted molar refractivity (Wildman–Crippen MR) is 91.1 cm³/mol. The highest BCUT2D eigenvalue weighted by atomic mass is 16.5. The van der Waals surface area contributed by atoms with Crippen LogP contribution >= 0.6 is 0 Å². The highest BCUT2D eigenvalue weighted by Crippen LogP contribution is 2.77. The maximum atomic E-state index is 10.6. The van der Waals surface area contributed by atoms with Gasteiger partial charge in [-0.15, -0.1) is 0 Å². The highest BCUT2D eigenvalue weighted by Gasteiger charge is 2.79. The topological polar surface area (TPSA) is 29.5 Å². The number of aliphatic hydroxyl groups excluding tert-OH is 1. The van der Waals surface area contributed by atoms with Crippen molar-refractivity contribution < 1.29 is 9.84 Å². The molecular weight excluding hydrogens is 296 g/mol. The van der Waals surface area contributed by atoms with Crippen molar-refractivity contribution in [3.8, 4) is 0 Å². The Balaban J connectivity index is 1.39. The summed E-state index contributed by atoms with van der Waals surface area (Å²) < 4.78 is 7.19. The molecule has 11 unspecified atom stereocenters. The van der Waals surface area contributed by atoms with Crippen LogP contribution in [0.15, 0.2) is 12.2 Å². The van der Waals surface area contributed by atoms with Gasteiger partial charge >= 0.3 is 0 Å². The zero-order chi connectivity index (χ0) is 15.6. The lowest BCUT2D eigenvalue weighted by molar-refractivity contribution is -0.111. The van der Waals surface area contributed by atoms with Gasteiger partial charge in [-0.1, -0.05) is 31.4 Å². The third-order valence-corrected chi connectivity index (χ3v) is 9.93. The van der Waals surface area contributed by atoms with Gasteiger partial charge in [0.25, 0.3) is 0 Å². The molecule has 4 saturated carbocycles. The van der Waals surface area contributed by atoms with Gasteiger partial charge in [0, 0.05) is 5.92 Å². The Morgan fingerprint density at radius 3 is 2.58 bits per heavy atom. The number of rotatable bonds is 1. The molecular formula is C22H30O2. The Labute approximate surface area is 145 Å². The molecule has 5 aliphatic carbocycles. The summed E-state index contributed by atoms with van der Waals surface area (Å²) in [7, 11) is 0. The third kappa shape index (κ3) is 1.32. The zero-order valence-electron chi connectivity index (χ0n) is 14.5. The molecule has 2 heteroatoms. The number of fused-ring (bicyclic) bond motifs is 16. The van der Waals surface area contributed by atoms with Crippen LogP contribution in [0, 0.1) is 53.3 Å². The number of hydrogen-bond donors (Lipinski definition) is 1. The first-order chi connectivity index (χ1) is 11.8. The maximum absolute atomic E-state index is 10.6. The van der Waals surface area contributed by atoms with E-state index in [1.54, 1.807) is 0 Å². The molecule has 7 aliphatic rings. The minimum atomic E-state index is -0.0183. The van der Waals surface area contributed by atoms with Gasteiger partial charge in [0.05, 0.1) is 17.8 Å². The first-order valence-corrected chi connectivity index (χ1v) is 10.8. The molecule has 0 spiro atoms. The van der Waals surface area contributed by atoms with E-state index in [1.807, 2.05) is 0 Å². The van der Waals surface area contributed by atoms with Crippen molar-refractivity contribution in [1.82, 2.24) is 0 Å². The van der Waals surface area contributed by atoms with Gasteiger partial charge in [0.2, 0.25) is 0 Å². The molecule has 6 fully saturated rings. The molecule has 2 saturated heterocycles. The molecule has 0 radical (unpaired) electrons. The molecule has 24 heavy (non-hydrogen) atoms. The summed E-state index contributed by atoms with van der Waals surface area (Å²) in [5.41, 5.74) is 0.212.